The second-order valence-electron chi connectivity index (χ2n) is 5.37. The quantitative estimate of drug-likeness (QED) is 0.685. The van der Waals surface area contributed by atoms with Crippen molar-refractivity contribution in [3.05, 3.63) is 58.6 Å². The van der Waals surface area contributed by atoms with Gasteiger partial charge >= 0.3 is 0 Å². The fourth-order valence-corrected chi connectivity index (χ4v) is 3.96. The fraction of sp³-hybridized carbons (Fsp3) is 0.294. The molecule has 6 heteroatoms. The third kappa shape index (κ3) is 4.19. The summed E-state index contributed by atoms with van der Waals surface area (Å²) in [5.41, 5.74) is 2.46. The Morgan fingerprint density at radius 2 is 1.70 bits per heavy atom. The van der Waals surface area contributed by atoms with Crippen molar-refractivity contribution in [2.75, 3.05) is 16.7 Å². The van der Waals surface area contributed by atoms with Gasteiger partial charge in [0, 0.05) is 17.4 Å². The Kier molecular flexibility index (Phi) is 5.95. The van der Waals surface area contributed by atoms with Gasteiger partial charge in [-0.3, -0.25) is 4.31 Å². The minimum Gasteiger partial charge on any atom is -0.266 e. The second-order valence-corrected chi connectivity index (χ2v) is 8.01. The highest BCUT2D eigenvalue weighted by molar-refractivity contribution is 7.92. The van der Waals surface area contributed by atoms with Crippen molar-refractivity contribution in [3.8, 4) is 0 Å². The molecule has 0 N–H and O–H groups in total. The number of hydrogen-bond donors (Lipinski definition) is 0. The molecule has 3 nitrogen and oxygen atoms in total. The molecule has 0 saturated carbocycles. The van der Waals surface area contributed by atoms with Gasteiger partial charge in [-0.05, 0) is 50.1 Å². The topological polar surface area (TPSA) is 37.4 Å². The molecule has 0 spiro atoms. The molecule has 0 amide bonds. The molecule has 0 aliphatic carbocycles. The molecule has 0 fully saturated rings. The average Bonchev–Trinajstić information content (AvgIpc) is 2.51. The number of alkyl halides is 1. The maximum atomic E-state index is 13.0. The number of sulfonamides is 1. The molecular formula is C17H19Cl2NO2S. The predicted octanol–water partition coefficient (Wildman–Crippen LogP) is 4.78. The zero-order chi connectivity index (χ0) is 17.0. The summed E-state index contributed by atoms with van der Waals surface area (Å²) in [6, 6.07) is 12.1. The lowest BCUT2D eigenvalue weighted by atomic mass is 10.2. The van der Waals surface area contributed by atoms with Crippen molar-refractivity contribution in [1.29, 1.82) is 0 Å². The lowest BCUT2D eigenvalue weighted by Crippen LogP contribution is -2.32. The number of aryl methyl sites for hydroxylation is 2. The molecule has 0 atom stereocenters. The van der Waals surface area contributed by atoms with E-state index in [0.29, 0.717) is 29.6 Å². The van der Waals surface area contributed by atoms with E-state index in [2.05, 4.69) is 0 Å². The summed E-state index contributed by atoms with van der Waals surface area (Å²) in [6.07, 6.45) is 0.554. The van der Waals surface area contributed by atoms with E-state index in [9.17, 15) is 8.42 Å². The third-order valence-electron chi connectivity index (χ3n) is 3.55. The highest BCUT2D eigenvalue weighted by Gasteiger charge is 2.24. The van der Waals surface area contributed by atoms with Crippen LogP contribution in [0.1, 0.15) is 17.5 Å². The first-order valence-electron chi connectivity index (χ1n) is 7.28. The molecule has 2 rings (SSSR count). The maximum Gasteiger partial charge on any atom is 0.264 e. The van der Waals surface area contributed by atoms with Gasteiger partial charge in [0.1, 0.15) is 0 Å². The van der Waals surface area contributed by atoms with E-state index in [0.717, 1.165) is 11.1 Å². The first-order valence-corrected chi connectivity index (χ1v) is 9.63. The Morgan fingerprint density at radius 3 is 2.26 bits per heavy atom. The zero-order valence-corrected chi connectivity index (χ0v) is 15.4. The first-order chi connectivity index (χ1) is 10.9. The Morgan fingerprint density at radius 1 is 1.04 bits per heavy atom. The minimum atomic E-state index is -3.66. The van der Waals surface area contributed by atoms with Crippen LogP contribution in [-0.2, 0) is 10.0 Å². The van der Waals surface area contributed by atoms with Gasteiger partial charge in [0.2, 0.25) is 0 Å². The predicted molar refractivity (Wildman–Crippen MR) is 97.2 cm³/mol. The van der Waals surface area contributed by atoms with Crippen LogP contribution in [0.5, 0.6) is 0 Å². The van der Waals surface area contributed by atoms with Crippen molar-refractivity contribution >= 4 is 38.9 Å². The molecule has 0 bridgehead atoms. The average molecular weight is 372 g/mol. The number of rotatable bonds is 6. The summed E-state index contributed by atoms with van der Waals surface area (Å²) in [6.45, 7) is 4.10. The Hall–Kier alpha value is -1.23. The molecule has 0 aromatic heterocycles. The van der Waals surface area contributed by atoms with Gasteiger partial charge < -0.3 is 0 Å². The van der Waals surface area contributed by atoms with Crippen LogP contribution in [0.15, 0.2) is 47.4 Å². The van der Waals surface area contributed by atoms with Crippen molar-refractivity contribution in [1.82, 2.24) is 0 Å². The molecule has 0 aliphatic rings. The number of benzene rings is 2. The summed E-state index contributed by atoms with van der Waals surface area (Å²) in [5, 5.41) is 0.539. The number of halogens is 2. The molecule has 2 aromatic carbocycles. The van der Waals surface area contributed by atoms with Crippen LogP contribution in [0.25, 0.3) is 0 Å². The van der Waals surface area contributed by atoms with E-state index in [1.54, 1.807) is 36.4 Å². The largest absolute Gasteiger partial charge is 0.266 e. The first kappa shape index (κ1) is 18.1. The van der Waals surface area contributed by atoms with Gasteiger partial charge in [-0.25, -0.2) is 8.42 Å². The van der Waals surface area contributed by atoms with Crippen molar-refractivity contribution in [2.24, 2.45) is 0 Å². The standard InChI is InChI=1S/C17H19Cl2NO2S/c1-13-4-8-16(9-5-13)23(21,22)20(11-3-10-18)15-7-6-14(2)17(19)12-15/h4-9,12H,3,10-11H2,1-2H3. The van der Waals surface area contributed by atoms with Crippen LogP contribution in [-0.4, -0.2) is 20.8 Å². The summed E-state index contributed by atoms with van der Waals surface area (Å²) in [5.74, 6) is 0.388. The van der Waals surface area contributed by atoms with Gasteiger partial charge in [0.15, 0.2) is 0 Å². The molecule has 0 unspecified atom stereocenters. The third-order valence-corrected chi connectivity index (χ3v) is 6.06. The van der Waals surface area contributed by atoms with Crippen LogP contribution in [0.3, 0.4) is 0 Å². The summed E-state index contributed by atoms with van der Waals surface area (Å²) < 4.78 is 27.3. The van der Waals surface area contributed by atoms with Gasteiger partial charge in [-0.1, -0.05) is 35.4 Å². The van der Waals surface area contributed by atoms with Crippen molar-refractivity contribution in [3.63, 3.8) is 0 Å². The van der Waals surface area contributed by atoms with E-state index in [4.69, 9.17) is 23.2 Å². The highest BCUT2D eigenvalue weighted by atomic mass is 35.5. The lowest BCUT2D eigenvalue weighted by Gasteiger charge is -2.25. The van der Waals surface area contributed by atoms with Crippen LogP contribution < -0.4 is 4.31 Å². The SMILES string of the molecule is Cc1ccc(S(=O)(=O)N(CCCCl)c2ccc(C)c(Cl)c2)cc1. The minimum absolute atomic E-state index is 0.259. The van der Waals surface area contributed by atoms with E-state index < -0.39 is 10.0 Å². The highest BCUT2D eigenvalue weighted by Crippen LogP contribution is 2.28. The summed E-state index contributed by atoms with van der Waals surface area (Å²) in [7, 11) is -3.66. The van der Waals surface area contributed by atoms with Crippen LogP contribution in [0.2, 0.25) is 5.02 Å². The van der Waals surface area contributed by atoms with Gasteiger partial charge in [-0.15, -0.1) is 11.6 Å². The number of hydrogen-bond acceptors (Lipinski definition) is 2. The normalized spacial score (nSPS) is 11.5. The van der Waals surface area contributed by atoms with Crippen molar-refractivity contribution in [2.45, 2.75) is 25.2 Å². The molecule has 0 aliphatic heterocycles. The van der Waals surface area contributed by atoms with Gasteiger partial charge in [0.25, 0.3) is 10.0 Å². The number of nitrogens with zero attached hydrogens (tertiary/aromatic N) is 1. The van der Waals surface area contributed by atoms with Crippen LogP contribution in [0.4, 0.5) is 5.69 Å². The molecular weight excluding hydrogens is 353 g/mol. The zero-order valence-electron chi connectivity index (χ0n) is 13.1. The summed E-state index contributed by atoms with van der Waals surface area (Å²) in [4.78, 5) is 0.259. The Labute approximate surface area is 147 Å². The van der Waals surface area contributed by atoms with Gasteiger partial charge in [0.05, 0.1) is 10.6 Å². The van der Waals surface area contributed by atoms with Gasteiger partial charge in [-0.2, -0.15) is 0 Å². The molecule has 0 radical (unpaired) electrons. The van der Waals surface area contributed by atoms with Crippen molar-refractivity contribution < 1.29 is 8.42 Å². The Balaban J connectivity index is 2.48. The number of anilines is 1. The molecule has 23 heavy (non-hydrogen) atoms. The Bertz CT molecular complexity index is 774. The van der Waals surface area contributed by atoms with E-state index >= 15 is 0 Å². The molecule has 2 aromatic rings. The summed E-state index contributed by atoms with van der Waals surface area (Å²) >= 11 is 11.9. The smallest absolute Gasteiger partial charge is 0.264 e. The molecule has 0 saturated heterocycles. The molecule has 124 valence electrons. The van der Waals surface area contributed by atoms with Crippen LogP contribution in [0, 0.1) is 13.8 Å². The molecule has 0 heterocycles. The monoisotopic (exact) mass is 371 g/mol. The van der Waals surface area contributed by atoms with E-state index in [1.807, 2.05) is 19.9 Å². The van der Waals surface area contributed by atoms with E-state index in [1.165, 1.54) is 4.31 Å². The fourth-order valence-electron chi connectivity index (χ4n) is 2.17. The van der Waals surface area contributed by atoms with E-state index in [-0.39, 0.29) is 4.90 Å². The maximum absolute atomic E-state index is 13.0. The second kappa shape index (κ2) is 7.56. The van der Waals surface area contributed by atoms with Crippen LogP contribution >= 0.6 is 23.2 Å². The lowest BCUT2D eigenvalue weighted by molar-refractivity contribution is 0.590.